The van der Waals surface area contributed by atoms with E-state index in [9.17, 15) is 4.79 Å². The van der Waals surface area contributed by atoms with Crippen molar-refractivity contribution in [2.75, 3.05) is 13.7 Å². The molecule has 1 aliphatic heterocycles. The molecule has 1 spiro atoms. The van der Waals surface area contributed by atoms with Gasteiger partial charge >= 0.3 is 0 Å². The van der Waals surface area contributed by atoms with Gasteiger partial charge in [-0.25, -0.2) is 0 Å². The quantitative estimate of drug-likeness (QED) is 0.867. The Labute approximate surface area is 118 Å². The summed E-state index contributed by atoms with van der Waals surface area (Å²) < 4.78 is 9.99. The number of hydrogen-bond donors (Lipinski definition) is 2. The highest BCUT2D eigenvalue weighted by atomic mass is 16.5. The molecule has 1 aliphatic carbocycles. The largest absolute Gasteiger partial charge is 0.377 e. The molecule has 1 amide bonds. The lowest BCUT2D eigenvalue weighted by Crippen LogP contribution is -2.59. The zero-order valence-corrected chi connectivity index (χ0v) is 11.8. The van der Waals surface area contributed by atoms with Gasteiger partial charge in [-0.3, -0.25) is 4.79 Å². The Morgan fingerprint density at radius 3 is 3.20 bits per heavy atom. The van der Waals surface area contributed by atoms with Crippen LogP contribution in [0, 0.1) is 0 Å². The normalized spacial score (nSPS) is 24.4. The number of aromatic nitrogens is 1. The third-order valence-electron chi connectivity index (χ3n) is 4.35. The van der Waals surface area contributed by atoms with Crippen molar-refractivity contribution in [2.24, 2.45) is 0 Å². The fourth-order valence-corrected chi connectivity index (χ4v) is 3.15. The van der Waals surface area contributed by atoms with Crippen molar-refractivity contribution >= 4 is 5.91 Å². The summed E-state index contributed by atoms with van der Waals surface area (Å²) in [5, 5.41) is 10.5. The minimum absolute atomic E-state index is 0.155. The zero-order chi connectivity index (χ0) is 14.0. The fourth-order valence-electron chi connectivity index (χ4n) is 3.15. The summed E-state index contributed by atoms with van der Waals surface area (Å²) in [5.41, 5.74) is 0.611. The maximum Gasteiger partial charge on any atom is 0.273 e. The summed E-state index contributed by atoms with van der Waals surface area (Å²) >= 11 is 0. The Kier molecular flexibility index (Phi) is 3.76. The van der Waals surface area contributed by atoms with Crippen molar-refractivity contribution < 1.29 is 14.1 Å². The summed E-state index contributed by atoms with van der Waals surface area (Å²) in [6, 6.07) is 1.87. The van der Waals surface area contributed by atoms with E-state index in [1.807, 2.05) is 0 Å². The number of nitrogens with zero attached hydrogens (tertiary/aromatic N) is 1. The first-order valence-corrected chi connectivity index (χ1v) is 7.21. The molecule has 2 aliphatic rings. The molecule has 6 heteroatoms. The van der Waals surface area contributed by atoms with Crippen LogP contribution in [0.3, 0.4) is 0 Å². The molecule has 6 nitrogen and oxygen atoms in total. The van der Waals surface area contributed by atoms with Gasteiger partial charge in [0.05, 0.1) is 0 Å². The zero-order valence-electron chi connectivity index (χ0n) is 11.8. The highest BCUT2D eigenvalue weighted by molar-refractivity contribution is 5.92. The predicted octanol–water partition coefficient (Wildman–Crippen LogP) is 1.23. The Morgan fingerprint density at radius 2 is 2.50 bits per heavy atom. The average molecular weight is 279 g/mol. The average Bonchev–Trinajstić information content (AvgIpc) is 2.86. The molecule has 1 unspecified atom stereocenters. The minimum Gasteiger partial charge on any atom is -0.377 e. The molecule has 1 saturated heterocycles. The smallest absolute Gasteiger partial charge is 0.273 e. The number of methoxy groups -OCH3 is 1. The van der Waals surface area contributed by atoms with Crippen LogP contribution >= 0.6 is 0 Å². The van der Waals surface area contributed by atoms with Gasteiger partial charge in [-0.2, -0.15) is 0 Å². The third-order valence-corrected chi connectivity index (χ3v) is 4.35. The second-order valence-corrected chi connectivity index (χ2v) is 5.84. The second kappa shape index (κ2) is 5.54. The number of ether oxygens (including phenoxy) is 1. The number of rotatable bonds is 4. The predicted molar refractivity (Wildman–Crippen MR) is 72.3 cm³/mol. The summed E-state index contributed by atoms with van der Waals surface area (Å²) in [6.45, 7) is 1.30. The van der Waals surface area contributed by atoms with Gasteiger partial charge in [0.15, 0.2) is 11.5 Å². The lowest BCUT2D eigenvalue weighted by atomic mass is 9.70. The Bertz CT molecular complexity index is 482. The molecular formula is C14H21N3O3. The topological polar surface area (TPSA) is 76.4 Å². The fraction of sp³-hybridized carbons (Fsp3) is 0.714. The van der Waals surface area contributed by atoms with Gasteiger partial charge < -0.3 is 19.9 Å². The van der Waals surface area contributed by atoms with E-state index in [1.54, 1.807) is 13.2 Å². The van der Waals surface area contributed by atoms with Crippen LogP contribution in [0.25, 0.3) is 0 Å². The highest BCUT2D eigenvalue weighted by Crippen LogP contribution is 2.38. The first-order chi connectivity index (χ1) is 9.71. The van der Waals surface area contributed by atoms with Gasteiger partial charge in [-0.05, 0) is 38.6 Å². The number of amides is 1. The van der Waals surface area contributed by atoms with Crippen molar-refractivity contribution in [1.82, 2.24) is 15.8 Å². The third kappa shape index (κ3) is 2.71. The molecule has 0 bridgehead atoms. The van der Waals surface area contributed by atoms with E-state index in [-0.39, 0.29) is 17.5 Å². The van der Waals surface area contributed by atoms with E-state index in [0.29, 0.717) is 18.1 Å². The molecule has 20 heavy (non-hydrogen) atoms. The van der Waals surface area contributed by atoms with Crippen molar-refractivity contribution in [3.05, 3.63) is 17.5 Å². The minimum atomic E-state index is -0.155. The Balaban J connectivity index is 1.57. The van der Waals surface area contributed by atoms with Gasteiger partial charge in [0.25, 0.3) is 5.91 Å². The molecule has 1 aromatic heterocycles. The number of hydrogen-bond acceptors (Lipinski definition) is 5. The maximum atomic E-state index is 12.2. The van der Waals surface area contributed by atoms with E-state index < -0.39 is 0 Å². The van der Waals surface area contributed by atoms with E-state index in [1.165, 1.54) is 19.3 Å². The second-order valence-electron chi connectivity index (χ2n) is 5.84. The number of carbonyl (C=O) groups excluding carboxylic acids is 1. The van der Waals surface area contributed by atoms with E-state index in [2.05, 4.69) is 15.8 Å². The lowest BCUT2D eigenvalue weighted by molar-refractivity contribution is 0.0844. The van der Waals surface area contributed by atoms with Gasteiger partial charge in [-0.15, -0.1) is 0 Å². The van der Waals surface area contributed by atoms with Crippen LogP contribution in [-0.4, -0.2) is 36.3 Å². The van der Waals surface area contributed by atoms with Crippen LogP contribution < -0.4 is 10.6 Å². The summed E-state index contributed by atoms with van der Waals surface area (Å²) in [5.74, 6) is 0.413. The molecular weight excluding hydrogens is 258 g/mol. The number of piperidine rings is 1. The van der Waals surface area contributed by atoms with Crippen LogP contribution in [0.1, 0.15) is 48.4 Å². The Hall–Kier alpha value is -1.40. The first-order valence-electron chi connectivity index (χ1n) is 7.21. The molecule has 2 fully saturated rings. The van der Waals surface area contributed by atoms with Crippen molar-refractivity contribution in [2.45, 2.75) is 50.3 Å². The van der Waals surface area contributed by atoms with Gasteiger partial charge in [0, 0.05) is 24.8 Å². The molecule has 1 atom stereocenters. The SMILES string of the molecule is COCc1cc(C(=O)NC2CCNC3(CCC3)C2)no1. The van der Waals surface area contributed by atoms with E-state index in [4.69, 9.17) is 9.26 Å². The van der Waals surface area contributed by atoms with E-state index >= 15 is 0 Å². The van der Waals surface area contributed by atoms with Gasteiger partial charge in [0.2, 0.25) is 0 Å². The molecule has 0 aromatic carbocycles. The monoisotopic (exact) mass is 279 g/mol. The summed E-state index contributed by atoms with van der Waals surface area (Å²) in [6.07, 6.45) is 5.72. The van der Waals surface area contributed by atoms with Crippen LogP contribution in [0.2, 0.25) is 0 Å². The molecule has 2 heterocycles. The molecule has 1 saturated carbocycles. The lowest BCUT2D eigenvalue weighted by Gasteiger charge is -2.48. The highest BCUT2D eigenvalue weighted by Gasteiger charge is 2.41. The maximum absolute atomic E-state index is 12.2. The van der Waals surface area contributed by atoms with Crippen LogP contribution in [-0.2, 0) is 11.3 Å². The molecule has 3 rings (SSSR count). The van der Waals surface area contributed by atoms with Crippen molar-refractivity contribution in [3.63, 3.8) is 0 Å². The van der Waals surface area contributed by atoms with Crippen LogP contribution in [0.4, 0.5) is 0 Å². The van der Waals surface area contributed by atoms with E-state index in [0.717, 1.165) is 19.4 Å². The van der Waals surface area contributed by atoms with Gasteiger partial charge in [-0.1, -0.05) is 5.16 Å². The number of carbonyl (C=O) groups is 1. The molecule has 2 N–H and O–H groups in total. The van der Waals surface area contributed by atoms with Crippen molar-refractivity contribution in [1.29, 1.82) is 0 Å². The Morgan fingerprint density at radius 1 is 1.65 bits per heavy atom. The van der Waals surface area contributed by atoms with Crippen molar-refractivity contribution in [3.8, 4) is 0 Å². The standard InChI is InChI=1S/C14H21N3O3/c1-19-9-11-7-12(17-20-11)13(18)16-10-3-6-15-14(8-10)4-2-5-14/h7,10,15H,2-6,8-9H2,1H3,(H,16,18). The van der Waals surface area contributed by atoms with Crippen LogP contribution in [0.15, 0.2) is 10.6 Å². The number of nitrogens with one attached hydrogen (secondary N) is 2. The molecule has 1 aromatic rings. The van der Waals surface area contributed by atoms with Gasteiger partial charge in [0.1, 0.15) is 6.61 Å². The first kappa shape index (κ1) is 13.6. The molecule has 110 valence electrons. The molecule has 0 radical (unpaired) electrons. The summed E-state index contributed by atoms with van der Waals surface area (Å²) in [7, 11) is 1.58. The summed E-state index contributed by atoms with van der Waals surface area (Å²) in [4.78, 5) is 12.2. The van der Waals surface area contributed by atoms with Crippen LogP contribution in [0.5, 0.6) is 0 Å².